The van der Waals surface area contributed by atoms with Gasteiger partial charge in [0, 0.05) is 28.5 Å². The molecular formula is C58H41N5. The summed E-state index contributed by atoms with van der Waals surface area (Å²) in [6, 6.07) is 62.2. The minimum absolute atomic E-state index is 0.140. The molecule has 0 saturated heterocycles. The van der Waals surface area contributed by atoms with E-state index in [1.807, 2.05) is 24.4 Å². The van der Waals surface area contributed by atoms with Crippen LogP contribution in [0.15, 0.2) is 211 Å². The second kappa shape index (κ2) is 15.1. The van der Waals surface area contributed by atoms with Crippen molar-refractivity contribution in [1.82, 2.24) is 14.4 Å². The van der Waals surface area contributed by atoms with Gasteiger partial charge in [-0.2, -0.15) is 0 Å². The van der Waals surface area contributed by atoms with Gasteiger partial charge in [0.2, 0.25) is 0 Å². The highest BCUT2D eigenvalue weighted by atomic mass is 15.1. The molecule has 11 aromatic rings. The fraction of sp³-hybridized carbons (Fsp3) is 0.0517. The minimum Gasteiger partial charge on any atom is -0.383 e. The maximum atomic E-state index is 7.10. The molecule has 0 bridgehead atoms. The van der Waals surface area contributed by atoms with Crippen molar-refractivity contribution in [2.24, 2.45) is 10.7 Å². The summed E-state index contributed by atoms with van der Waals surface area (Å²) in [6.07, 6.45) is 12.7. The maximum Gasteiger partial charge on any atom is 0.165 e. The molecule has 5 heteroatoms. The molecule has 298 valence electrons. The van der Waals surface area contributed by atoms with E-state index in [1.54, 1.807) is 0 Å². The molecule has 5 nitrogen and oxygen atoms in total. The molecular weight excluding hydrogens is 767 g/mol. The number of rotatable bonds is 7. The Bertz CT molecular complexity index is 3750. The van der Waals surface area contributed by atoms with E-state index < -0.39 is 0 Å². The number of allylic oxidation sites excluding steroid dienone is 5. The Morgan fingerprint density at radius 3 is 1.97 bits per heavy atom. The molecule has 3 aromatic heterocycles. The van der Waals surface area contributed by atoms with Crippen molar-refractivity contribution in [3.63, 3.8) is 0 Å². The van der Waals surface area contributed by atoms with Crippen molar-refractivity contribution in [3.05, 3.63) is 234 Å². The van der Waals surface area contributed by atoms with E-state index in [0.29, 0.717) is 12.3 Å². The quantitative estimate of drug-likeness (QED) is 0.0991. The maximum absolute atomic E-state index is 7.10. The van der Waals surface area contributed by atoms with Crippen molar-refractivity contribution in [2.75, 3.05) is 0 Å². The fourth-order valence-electron chi connectivity index (χ4n) is 9.70. The third-order valence-corrected chi connectivity index (χ3v) is 12.8. The van der Waals surface area contributed by atoms with Gasteiger partial charge >= 0.3 is 0 Å². The fourth-order valence-corrected chi connectivity index (χ4v) is 9.70. The molecule has 63 heavy (non-hydrogen) atoms. The van der Waals surface area contributed by atoms with E-state index in [4.69, 9.17) is 20.7 Å². The number of fused-ring (bicyclic) bond motifs is 11. The third-order valence-electron chi connectivity index (χ3n) is 12.8. The third kappa shape index (κ3) is 6.36. The van der Waals surface area contributed by atoms with Crippen LogP contribution < -0.4 is 5.73 Å². The lowest BCUT2D eigenvalue weighted by molar-refractivity contribution is 0.831. The predicted octanol–water partition coefficient (Wildman–Crippen LogP) is 13.8. The number of hydrogen-bond donors (Lipinski definition) is 1. The molecule has 0 amide bonds. The average molecular weight is 808 g/mol. The zero-order valence-electron chi connectivity index (χ0n) is 34.5. The number of nitrogens with two attached hydrogens (primary N) is 1. The number of hydrogen-bond acceptors (Lipinski definition) is 3. The van der Waals surface area contributed by atoms with Gasteiger partial charge in [0.05, 0.1) is 11.4 Å². The lowest BCUT2D eigenvalue weighted by atomic mass is 9.88. The molecule has 8 aromatic carbocycles. The summed E-state index contributed by atoms with van der Waals surface area (Å²) in [7, 11) is 0. The summed E-state index contributed by atoms with van der Waals surface area (Å²) in [6.45, 7) is 0. The van der Waals surface area contributed by atoms with Crippen LogP contribution in [0.3, 0.4) is 0 Å². The highest BCUT2D eigenvalue weighted by molar-refractivity contribution is 6.19. The second-order valence-corrected chi connectivity index (χ2v) is 16.5. The Hall–Kier alpha value is -8.15. The van der Waals surface area contributed by atoms with Crippen LogP contribution in [0.4, 0.5) is 0 Å². The Balaban J connectivity index is 0.912. The predicted molar refractivity (Wildman–Crippen MR) is 264 cm³/mol. The van der Waals surface area contributed by atoms with Crippen LogP contribution >= 0.6 is 0 Å². The largest absolute Gasteiger partial charge is 0.383 e. The molecule has 0 fully saturated rings. The Labute approximate surface area is 364 Å². The Kier molecular flexibility index (Phi) is 8.78. The van der Waals surface area contributed by atoms with E-state index in [2.05, 4.69) is 186 Å². The van der Waals surface area contributed by atoms with Gasteiger partial charge in [-0.1, -0.05) is 182 Å². The van der Waals surface area contributed by atoms with Crippen molar-refractivity contribution in [3.8, 4) is 0 Å². The van der Waals surface area contributed by atoms with Crippen molar-refractivity contribution < 1.29 is 0 Å². The molecule has 3 heterocycles. The van der Waals surface area contributed by atoms with E-state index in [9.17, 15) is 0 Å². The van der Waals surface area contributed by atoms with E-state index in [1.165, 1.54) is 38.1 Å². The Morgan fingerprint density at radius 2 is 1.24 bits per heavy atom. The summed E-state index contributed by atoms with van der Waals surface area (Å²) in [4.78, 5) is 15.5. The first kappa shape index (κ1) is 36.7. The monoisotopic (exact) mass is 807 g/mol. The molecule has 12 rings (SSSR count). The molecule has 0 radical (unpaired) electrons. The standard InChI is InChI=1S/C58H41N5/c59-57(52-36-42-14-2-4-16-45(42)48-19-7-8-20-49(48)52)60-53(33-32-43-35-41-13-1-3-15-44(41)47-18-6-5-17-46(43)47)39-28-24-37(25-29-39)38-26-30-40(31-27-38)55-50-21-9-10-22-51(50)56-58(62-55)63-34-12-11-23-54(63)61-56/h1-30,33-36,40H,31-32H2,(H2,59,60)/b53-33-. The number of amidine groups is 1. The van der Waals surface area contributed by atoms with Gasteiger partial charge in [-0.15, -0.1) is 0 Å². The topological polar surface area (TPSA) is 68.6 Å². The first-order valence-electron chi connectivity index (χ1n) is 21.6. The van der Waals surface area contributed by atoms with E-state index >= 15 is 0 Å². The van der Waals surface area contributed by atoms with E-state index in [-0.39, 0.29) is 5.92 Å². The molecule has 1 aliphatic rings. The number of nitrogens with zero attached hydrogens (tertiary/aromatic N) is 4. The highest BCUT2D eigenvalue weighted by Gasteiger charge is 2.21. The van der Waals surface area contributed by atoms with Crippen LogP contribution in [-0.4, -0.2) is 20.2 Å². The molecule has 2 N–H and O–H groups in total. The summed E-state index contributed by atoms with van der Waals surface area (Å²) in [5, 5.41) is 11.9. The lowest BCUT2D eigenvalue weighted by Gasteiger charge is -2.18. The smallest absolute Gasteiger partial charge is 0.165 e. The minimum atomic E-state index is 0.140. The summed E-state index contributed by atoms with van der Waals surface area (Å²) < 4.78 is 2.09. The lowest BCUT2D eigenvalue weighted by Crippen LogP contribution is -2.14. The average Bonchev–Trinajstić information content (AvgIpc) is 3.74. The Morgan fingerprint density at radius 1 is 0.619 bits per heavy atom. The number of aliphatic imine (C=N–C) groups is 1. The molecule has 1 aliphatic carbocycles. The summed E-state index contributed by atoms with van der Waals surface area (Å²) >= 11 is 0. The molecule has 0 aliphatic heterocycles. The molecule has 1 unspecified atom stereocenters. The van der Waals surface area contributed by atoms with Gasteiger partial charge in [-0.25, -0.2) is 15.0 Å². The molecule has 1 atom stereocenters. The van der Waals surface area contributed by atoms with Crippen molar-refractivity contribution in [2.45, 2.75) is 18.8 Å². The normalized spacial score (nSPS) is 14.8. The zero-order valence-corrected chi connectivity index (χ0v) is 34.5. The van der Waals surface area contributed by atoms with Gasteiger partial charge in [0.25, 0.3) is 0 Å². The first-order chi connectivity index (χ1) is 31.1. The molecule has 0 spiro atoms. The number of pyridine rings is 2. The van der Waals surface area contributed by atoms with Crippen LogP contribution in [0.1, 0.15) is 40.3 Å². The van der Waals surface area contributed by atoms with Crippen molar-refractivity contribution >= 4 is 87.8 Å². The van der Waals surface area contributed by atoms with Gasteiger partial charge in [-0.3, -0.25) is 4.40 Å². The second-order valence-electron chi connectivity index (χ2n) is 16.5. The zero-order chi connectivity index (χ0) is 41.9. The van der Waals surface area contributed by atoms with Crippen LogP contribution in [-0.2, 0) is 6.42 Å². The van der Waals surface area contributed by atoms with E-state index in [0.717, 1.165) is 78.2 Å². The number of imidazole rings is 1. The van der Waals surface area contributed by atoms with Crippen molar-refractivity contribution in [1.29, 1.82) is 0 Å². The first-order valence-corrected chi connectivity index (χ1v) is 21.6. The van der Waals surface area contributed by atoms with Crippen LogP contribution in [0.5, 0.6) is 0 Å². The summed E-state index contributed by atoms with van der Waals surface area (Å²) in [5.41, 5.74) is 17.3. The van der Waals surface area contributed by atoms with Gasteiger partial charge in [-0.05, 0) is 96.4 Å². The molecule has 0 saturated carbocycles. The number of benzene rings is 8. The SMILES string of the molecule is N/C(=N\C(=C/Cc1cc2ccccc2c2ccccc12)c1ccc(C2=CCC(c3nc4c(nc5ccccn54)c4ccccc34)C=C2)cc1)c1cc2ccccc2c2ccccc12. The summed E-state index contributed by atoms with van der Waals surface area (Å²) in [5.74, 6) is 0.628. The van der Waals surface area contributed by atoms with Crippen LogP contribution in [0, 0.1) is 0 Å². The van der Waals surface area contributed by atoms with Crippen LogP contribution in [0.25, 0.3) is 81.9 Å². The number of aromatic nitrogens is 3. The van der Waals surface area contributed by atoms with Gasteiger partial charge < -0.3 is 5.73 Å². The van der Waals surface area contributed by atoms with Gasteiger partial charge in [0.15, 0.2) is 5.65 Å². The van der Waals surface area contributed by atoms with Gasteiger partial charge in [0.1, 0.15) is 17.0 Å². The van der Waals surface area contributed by atoms with Crippen LogP contribution in [0.2, 0.25) is 0 Å². The highest BCUT2D eigenvalue weighted by Crippen LogP contribution is 2.37.